The van der Waals surface area contributed by atoms with Gasteiger partial charge in [-0.05, 0) is 38.1 Å². The van der Waals surface area contributed by atoms with Crippen LogP contribution in [0.1, 0.15) is 13.8 Å². The van der Waals surface area contributed by atoms with E-state index in [1.165, 1.54) is 0 Å². The fraction of sp³-hybridized carbons (Fsp3) is 0.444. The summed E-state index contributed by atoms with van der Waals surface area (Å²) in [5.74, 6) is -0.661. The van der Waals surface area contributed by atoms with Gasteiger partial charge in [0.15, 0.2) is 0 Å². The summed E-state index contributed by atoms with van der Waals surface area (Å²) < 4.78 is 42.2. The van der Waals surface area contributed by atoms with Crippen molar-refractivity contribution in [3.8, 4) is 0 Å². The number of likely N-dealkylation sites (N-methyl/N-ethyl adjacent to an activating group) is 1. The number of ether oxygens (including phenoxy) is 1. The Bertz CT molecular complexity index is 798. The van der Waals surface area contributed by atoms with Gasteiger partial charge in [-0.3, -0.25) is 9.59 Å². The van der Waals surface area contributed by atoms with E-state index in [0.29, 0.717) is 18.8 Å². The number of benzene rings is 1. The predicted molar refractivity (Wildman–Crippen MR) is 95.4 cm³/mol. The minimum absolute atomic E-state index is 0.0108. The van der Waals surface area contributed by atoms with Gasteiger partial charge in [0.25, 0.3) is 0 Å². The Hall–Kier alpha value is -2.55. The molecule has 1 N–H and O–H groups in total. The van der Waals surface area contributed by atoms with E-state index < -0.39 is 25.3 Å². The first-order chi connectivity index (χ1) is 12.7. The maximum Gasteiger partial charge on any atom is 0.411 e. The van der Waals surface area contributed by atoms with Crippen LogP contribution >= 0.6 is 0 Å². The maximum absolute atomic E-state index is 12.3. The first-order valence-corrected chi connectivity index (χ1v) is 8.54. The molecule has 148 valence electrons. The number of rotatable bonds is 8. The van der Waals surface area contributed by atoms with Crippen LogP contribution in [0.5, 0.6) is 0 Å². The molecule has 0 fully saturated rings. The molecule has 2 aromatic rings. The maximum atomic E-state index is 12.3. The van der Waals surface area contributed by atoms with Crippen LogP contribution in [0.3, 0.4) is 0 Å². The lowest BCUT2D eigenvalue weighted by Gasteiger charge is -2.19. The van der Waals surface area contributed by atoms with E-state index in [-0.39, 0.29) is 12.5 Å². The topological polar surface area (TPSA) is 63.6 Å². The second-order valence-corrected chi connectivity index (χ2v) is 5.94. The van der Waals surface area contributed by atoms with Crippen LogP contribution in [-0.2, 0) is 20.9 Å². The van der Waals surface area contributed by atoms with Gasteiger partial charge in [-0.1, -0.05) is 0 Å². The van der Waals surface area contributed by atoms with Crippen LogP contribution in [0.2, 0.25) is 0 Å². The van der Waals surface area contributed by atoms with Crippen LogP contribution in [0.25, 0.3) is 10.9 Å². The molecule has 9 heteroatoms. The third-order valence-corrected chi connectivity index (χ3v) is 3.98. The van der Waals surface area contributed by atoms with Gasteiger partial charge in [0.1, 0.15) is 19.8 Å². The van der Waals surface area contributed by atoms with E-state index in [1.54, 1.807) is 35.4 Å². The van der Waals surface area contributed by atoms with Crippen molar-refractivity contribution in [1.82, 2.24) is 9.47 Å². The van der Waals surface area contributed by atoms with E-state index >= 15 is 0 Å². The lowest BCUT2D eigenvalue weighted by molar-refractivity contribution is -0.174. The van der Waals surface area contributed by atoms with Gasteiger partial charge in [0, 0.05) is 35.9 Å². The summed E-state index contributed by atoms with van der Waals surface area (Å²) in [6, 6.07) is 6.87. The van der Waals surface area contributed by atoms with Crippen molar-refractivity contribution >= 4 is 28.4 Å². The second kappa shape index (κ2) is 8.90. The number of aromatic nitrogens is 1. The van der Waals surface area contributed by atoms with Crippen molar-refractivity contribution in [1.29, 1.82) is 0 Å². The Balaban J connectivity index is 2.00. The van der Waals surface area contributed by atoms with Crippen molar-refractivity contribution in [3.63, 3.8) is 0 Å². The van der Waals surface area contributed by atoms with Crippen molar-refractivity contribution in [2.75, 3.05) is 31.6 Å². The van der Waals surface area contributed by atoms with Crippen LogP contribution in [-0.4, -0.2) is 53.8 Å². The van der Waals surface area contributed by atoms with Crippen molar-refractivity contribution in [2.24, 2.45) is 0 Å². The number of amides is 2. The number of nitrogens with zero attached hydrogens (tertiary/aromatic N) is 2. The van der Waals surface area contributed by atoms with E-state index in [4.69, 9.17) is 0 Å². The Morgan fingerprint density at radius 1 is 1.19 bits per heavy atom. The molecule has 2 rings (SSSR count). The molecule has 0 saturated carbocycles. The number of anilines is 1. The molecule has 6 nitrogen and oxygen atoms in total. The third kappa shape index (κ3) is 5.99. The highest BCUT2D eigenvalue weighted by Gasteiger charge is 2.27. The van der Waals surface area contributed by atoms with Gasteiger partial charge >= 0.3 is 6.18 Å². The molecule has 0 aliphatic rings. The molecule has 0 unspecified atom stereocenters. The number of hydrogen-bond acceptors (Lipinski definition) is 3. The first kappa shape index (κ1) is 20.8. The zero-order chi connectivity index (χ0) is 20.0. The SMILES string of the molecule is CCN(CC)C(=O)Cn1ccc2cc(NC(=O)COCC(F)(F)F)ccc21. The van der Waals surface area contributed by atoms with Crippen LogP contribution < -0.4 is 5.32 Å². The number of nitrogens with one attached hydrogen (secondary N) is 1. The molecular formula is C18H22F3N3O3. The van der Waals surface area contributed by atoms with Crippen molar-refractivity contribution < 1.29 is 27.5 Å². The van der Waals surface area contributed by atoms with Crippen molar-refractivity contribution in [2.45, 2.75) is 26.6 Å². The molecule has 27 heavy (non-hydrogen) atoms. The number of fused-ring (bicyclic) bond motifs is 1. The monoisotopic (exact) mass is 385 g/mol. The Kier molecular flexibility index (Phi) is 6.84. The van der Waals surface area contributed by atoms with Crippen molar-refractivity contribution in [3.05, 3.63) is 30.5 Å². The lowest BCUT2D eigenvalue weighted by Crippen LogP contribution is -2.33. The molecule has 0 atom stereocenters. The molecule has 0 bridgehead atoms. The average Bonchev–Trinajstić information content (AvgIpc) is 2.97. The van der Waals surface area contributed by atoms with Crippen LogP contribution in [0.15, 0.2) is 30.5 Å². The van der Waals surface area contributed by atoms with Gasteiger partial charge in [0.05, 0.1) is 0 Å². The summed E-state index contributed by atoms with van der Waals surface area (Å²) in [4.78, 5) is 25.7. The molecule has 0 saturated heterocycles. The van der Waals surface area contributed by atoms with E-state index in [0.717, 1.165) is 10.9 Å². The zero-order valence-electron chi connectivity index (χ0n) is 15.2. The van der Waals surface area contributed by atoms with E-state index in [1.807, 2.05) is 18.4 Å². The fourth-order valence-electron chi connectivity index (χ4n) is 2.69. The molecule has 0 spiro atoms. The molecule has 0 aliphatic heterocycles. The molecular weight excluding hydrogens is 363 g/mol. The van der Waals surface area contributed by atoms with Gasteiger partial charge in [-0.15, -0.1) is 0 Å². The van der Waals surface area contributed by atoms with E-state index in [2.05, 4.69) is 10.1 Å². The number of alkyl halides is 3. The van der Waals surface area contributed by atoms with Gasteiger partial charge < -0.3 is 19.5 Å². The Labute approximate surface area is 154 Å². The Morgan fingerprint density at radius 2 is 1.89 bits per heavy atom. The van der Waals surface area contributed by atoms with Gasteiger partial charge in [0.2, 0.25) is 11.8 Å². The smallest absolute Gasteiger partial charge is 0.362 e. The quantitative estimate of drug-likeness (QED) is 0.760. The number of carbonyl (C=O) groups excluding carboxylic acids is 2. The van der Waals surface area contributed by atoms with E-state index in [9.17, 15) is 22.8 Å². The summed E-state index contributed by atoms with van der Waals surface area (Å²) in [6.07, 6.45) is -2.69. The zero-order valence-corrected chi connectivity index (χ0v) is 15.2. The largest absolute Gasteiger partial charge is 0.411 e. The number of carbonyl (C=O) groups is 2. The van der Waals surface area contributed by atoms with Crippen LogP contribution in [0, 0.1) is 0 Å². The van der Waals surface area contributed by atoms with Gasteiger partial charge in [-0.2, -0.15) is 13.2 Å². The third-order valence-electron chi connectivity index (χ3n) is 3.98. The summed E-state index contributed by atoms with van der Waals surface area (Å²) in [7, 11) is 0. The number of hydrogen-bond donors (Lipinski definition) is 1. The summed E-state index contributed by atoms with van der Waals surface area (Å²) in [5.41, 5.74) is 1.26. The molecule has 1 aromatic heterocycles. The summed E-state index contributed by atoms with van der Waals surface area (Å²) in [5, 5.41) is 3.29. The van der Waals surface area contributed by atoms with Crippen LogP contribution in [0.4, 0.5) is 18.9 Å². The fourth-order valence-corrected chi connectivity index (χ4v) is 2.69. The normalized spacial score (nSPS) is 11.6. The predicted octanol–water partition coefficient (Wildman–Crippen LogP) is 3.03. The minimum Gasteiger partial charge on any atom is -0.362 e. The first-order valence-electron chi connectivity index (χ1n) is 8.54. The Morgan fingerprint density at radius 3 is 2.52 bits per heavy atom. The molecule has 0 aliphatic carbocycles. The standard InChI is InChI=1S/C18H22F3N3O3/c1-3-23(4-2)17(26)10-24-8-7-13-9-14(5-6-15(13)24)22-16(25)11-27-12-18(19,20)21/h5-9H,3-4,10-12H2,1-2H3,(H,22,25). The molecule has 2 amide bonds. The summed E-state index contributed by atoms with van der Waals surface area (Å²) >= 11 is 0. The minimum atomic E-state index is -4.47. The highest BCUT2D eigenvalue weighted by molar-refractivity contribution is 5.94. The highest BCUT2D eigenvalue weighted by atomic mass is 19.4. The molecule has 1 heterocycles. The molecule has 1 aromatic carbocycles. The van der Waals surface area contributed by atoms with Gasteiger partial charge in [-0.25, -0.2) is 0 Å². The lowest BCUT2D eigenvalue weighted by atomic mass is 10.2. The average molecular weight is 385 g/mol. The second-order valence-electron chi connectivity index (χ2n) is 5.94. The number of halogens is 3. The highest BCUT2D eigenvalue weighted by Crippen LogP contribution is 2.21. The molecule has 0 radical (unpaired) electrons. The summed E-state index contributed by atoms with van der Waals surface area (Å²) in [6.45, 7) is 3.18.